The molecule has 0 aliphatic carbocycles. The summed E-state index contributed by atoms with van der Waals surface area (Å²) in [7, 11) is 1.64. The van der Waals surface area contributed by atoms with Crippen molar-refractivity contribution < 1.29 is 9.94 Å². The minimum atomic E-state index is -0.0780. The summed E-state index contributed by atoms with van der Waals surface area (Å²) >= 11 is 0. The van der Waals surface area contributed by atoms with E-state index in [0.29, 0.717) is 6.73 Å². The number of hydrogen-bond acceptors (Lipinski definition) is 5. The quantitative estimate of drug-likeness (QED) is 0.238. The SMILES string of the molecule is C#CCCCCN1C=CN(COC)C1/C=N\O. The van der Waals surface area contributed by atoms with E-state index in [1.807, 2.05) is 17.3 Å². The van der Waals surface area contributed by atoms with Crippen molar-refractivity contribution in [1.29, 1.82) is 0 Å². The van der Waals surface area contributed by atoms with Gasteiger partial charge in [-0.3, -0.25) is 0 Å². The first-order valence-corrected chi connectivity index (χ1v) is 5.63. The summed E-state index contributed by atoms with van der Waals surface area (Å²) in [6.07, 6.45) is 13.3. The van der Waals surface area contributed by atoms with Gasteiger partial charge >= 0.3 is 0 Å². The molecule has 1 unspecified atom stereocenters. The molecule has 5 nitrogen and oxygen atoms in total. The van der Waals surface area contributed by atoms with Crippen molar-refractivity contribution in [2.45, 2.75) is 25.4 Å². The molecular weight excluding hydrogens is 218 g/mol. The van der Waals surface area contributed by atoms with Gasteiger partial charge in [0, 0.05) is 32.5 Å². The van der Waals surface area contributed by atoms with Gasteiger partial charge in [-0.15, -0.1) is 12.3 Å². The Morgan fingerprint density at radius 2 is 2.24 bits per heavy atom. The highest BCUT2D eigenvalue weighted by atomic mass is 16.5. The maximum atomic E-state index is 8.66. The molecule has 1 aliphatic heterocycles. The van der Waals surface area contributed by atoms with Crippen LogP contribution in [0.4, 0.5) is 0 Å². The van der Waals surface area contributed by atoms with E-state index in [1.54, 1.807) is 7.11 Å². The van der Waals surface area contributed by atoms with E-state index in [0.717, 1.165) is 25.8 Å². The molecule has 0 fully saturated rings. The molecule has 1 N–H and O–H groups in total. The average molecular weight is 237 g/mol. The second-order valence-corrected chi connectivity index (χ2v) is 3.81. The lowest BCUT2D eigenvalue weighted by atomic mass is 10.2. The highest BCUT2D eigenvalue weighted by molar-refractivity contribution is 5.64. The molecular formula is C12H19N3O2. The monoisotopic (exact) mass is 237 g/mol. The lowest BCUT2D eigenvalue weighted by molar-refractivity contribution is 0.0632. The summed E-state index contributed by atoms with van der Waals surface area (Å²) in [5, 5.41) is 11.8. The molecule has 1 rings (SSSR count). The van der Waals surface area contributed by atoms with Gasteiger partial charge in [-0.05, 0) is 12.8 Å². The van der Waals surface area contributed by atoms with Crippen LogP contribution in [0.1, 0.15) is 19.3 Å². The van der Waals surface area contributed by atoms with Crippen molar-refractivity contribution in [2.24, 2.45) is 5.16 Å². The molecule has 0 bridgehead atoms. The number of terminal acetylenes is 1. The van der Waals surface area contributed by atoms with Crippen LogP contribution in [-0.4, -0.2) is 47.8 Å². The Kier molecular flexibility index (Phi) is 5.97. The van der Waals surface area contributed by atoms with Crippen molar-refractivity contribution in [3.63, 3.8) is 0 Å². The lowest BCUT2D eigenvalue weighted by Crippen LogP contribution is -2.41. The van der Waals surface area contributed by atoms with E-state index in [1.165, 1.54) is 6.21 Å². The van der Waals surface area contributed by atoms with Crippen molar-refractivity contribution in [2.75, 3.05) is 20.4 Å². The highest BCUT2D eigenvalue weighted by Gasteiger charge is 2.24. The third kappa shape index (κ3) is 4.00. The Morgan fingerprint density at radius 1 is 1.47 bits per heavy atom. The highest BCUT2D eigenvalue weighted by Crippen LogP contribution is 2.15. The topological polar surface area (TPSA) is 48.3 Å². The summed E-state index contributed by atoms with van der Waals surface area (Å²) in [6, 6.07) is 0. The average Bonchev–Trinajstić information content (AvgIpc) is 2.69. The number of hydrogen-bond donors (Lipinski definition) is 1. The first-order valence-electron chi connectivity index (χ1n) is 5.63. The number of unbranched alkanes of at least 4 members (excludes halogenated alkanes) is 2. The zero-order chi connectivity index (χ0) is 12.5. The van der Waals surface area contributed by atoms with Gasteiger partial charge in [-0.2, -0.15) is 0 Å². The third-order valence-corrected chi connectivity index (χ3v) is 2.59. The van der Waals surface area contributed by atoms with E-state index in [2.05, 4.69) is 16.0 Å². The number of oxime groups is 1. The van der Waals surface area contributed by atoms with Gasteiger partial charge in [0.1, 0.15) is 12.9 Å². The predicted molar refractivity (Wildman–Crippen MR) is 66.3 cm³/mol. The molecule has 17 heavy (non-hydrogen) atoms. The number of nitrogens with zero attached hydrogens (tertiary/aromatic N) is 3. The molecule has 5 heteroatoms. The Bertz CT molecular complexity index is 309. The van der Waals surface area contributed by atoms with Crippen molar-refractivity contribution in [1.82, 2.24) is 9.80 Å². The summed E-state index contributed by atoms with van der Waals surface area (Å²) in [5.41, 5.74) is 0. The van der Waals surface area contributed by atoms with Gasteiger partial charge in [-0.1, -0.05) is 5.16 Å². The Labute approximate surface area is 102 Å². The predicted octanol–water partition coefficient (Wildman–Crippen LogP) is 1.27. The number of methoxy groups -OCH3 is 1. The Morgan fingerprint density at radius 3 is 2.88 bits per heavy atom. The molecule has 0 saturated carbocycles. The molecule has 0 aromatic heterocycles. The molecule has 0 spiro atoms. The fraction of sp³-hybridized carbons (Fsp3) is 0.583. The summed E-state index contributed by atoms with van der Waals surface area (Å²) < 4.78 is 5.07. The van der Waals surface area contributed by atoms with Crippen LogP contribution >= 0.6 is 0 Å². The zero-order valence-corrected chi connectivity index (χ0v) is 10.1. The first kappa shape index (κ1) is 13.4. The normalized spacial score (nSPS) is 19.2. The molecule has 1 heterocycles. The Balaban J connectivity index is 2.43. The minimum absolute atomic E-state index is 0.0780. The number of rotatable bonds is 7. The standard InChI is InChI=1S/C12H19N3O2/c1-3-4-5-6-7-14-8-9-15(11-17-2)12(14)10-13-16/h1,8-10,12,16H,4-7,11H2,2H3/b13-10-. The fourth-order valence-electron chi connectivity index (χ4n) is 1.77. The van der Waals surface area contributed by atoms with Crippen LogP contribution in [0.15, 0.2) is 17.6 Å². The van der Waals surface area contributed by atoms with E-state index >= 15 is 0 Å². The van der Waals surface area contributed by atoms with E-state index in [9.17, 15) is 0 Å². The third-order valence-electron chi connectivity index (χ3n) is 2.59. The van der Waals surface area contributed by atoms with Crippen LogP contribution in [0.5, 0.6) is 0 Å². The molecule has 0 aromatic carbocycles. The first-order chi connectivity index (χ1) is 8.33. The van der Waals surface area contributed by atoms with Gasteiger partial charge in [0.05, 0.1) is 6.21 Å². The molecule has 0 saturated heterocycles. The second kappa shape index (κ2) is 7.58. The molecule has 0 aromatic rings. The zero-order valence-electron chi connectivity index (χ0n) is 10.1. The molecule has 0 amide bonds. The van der Waals surface area contributed by atoms with Crippen molar-refractivity contribution >= 4 is 6.21 Å². The largest absolute Gasteiger partial charge is 0.411 e. The van der Waals surface area contributed by atoms with Crippen LogP contribution in [0, 0.1) is 12.3 Å². The van der Waals surface area contributed by atoms with Crippen molar-refractivity contribution in [3.05, 3.63) is 12.4 Å². The van der Waals surface area contributed by atoms with E-state index in [-0.39, 0.29) is 6.17 Å². The van der Waals surface area contributed by atoms with Gasteiger partial charge in [-0.25, -0.2) is 0 Å². The fourth-order valence-corrected chi connectivity index (χ4v) is 1.77. The van der Waals surface area contributed by atoms with Crippen LogP contribution in [-0.2, 0) is 4.74 Å². The van der Waals surface area contributed by atoms with Crippen LogP contribution < -0.4 is 0 Å². The minimum Gasteiger partial charge on any atom is -0.411 e. The molecule has 1 atom stereocenters. The van der Waals surface area contributed by atoms with Crippen LogP contribution in [0.2, 0.25) is 0 Å². The van der Waals surface area contributed by atoms with E-state index in [4.69, 9.17) is 16.4 Å². The molecule has 94 valence electrons. The molecule has 0 radical (unpaired) electrons. The van der Waals surface area contributed by atoms with Gasteiger partial charge in [0.15, 0.2) is 0 Å². The van der Waals surface area contributed by atoms with Gasteiger partial charge < -0.3 is 19.7 Å². The van der Waals surface area contributed by atoms with Crippen LogP contribution in [0.3, 0.4) is 0 Å². The molecule has 1 aliphatic rings. The summed E-state index contributed by atoms with van der Waals surface area (Å²) in [4.78, 5) is 4.04. The summed E-state index contributed by atoms with van der Waals surface area (Å²) in [5.74, 6) is 2.63. The smallest absolute Gasteiger partial charge is 0.143 e. The maximum absolute atomic E-state index is 8.66. The van der Waals surface area contributed by atoms with Gasteiger partial charge in [0.2, 0.25) is 0 Å². The maximum Gasteiger partial charge on any atom is 0.143 e. The van der Waals surface area contributed by atoms with E-state index < -0.39 is 0 Å². The van der Waals surface area contributed by atoms with Gasteiger partial charge in [0.25, 0.3) is 0 Å². The Hall–Kier alpha value is -1.67. The number of ether oxygens (including phenoxy) is 1. The van der Waals surface area contributed by atoms with Crippen LogP contribution in [0.25, 0.3) is 0 Å². The summed E-state index contributed by atoms with van der Waals surface area (Å²) in [6.45, 7) is 1.35. The van der Waals surface area contributed by atoms with Crippen molar-refractivity contribution in [3.8, 4) is 12.3 Å². The second-order valence-electron chi connectivity index (χ2n) is 3.81. The lowest BCUT2D eigenvalue weighted by Gasteiger charge is -2.28.